The Bertz CT molecular complexity index is 795. The fourth-order valence-corrected chi connectivity index (χ4v) is 2.60. The monoisotopic (exact) mass is 328 g/mol. The van der Waals surface area contributed by atoms with E-state index in [0.29, 0.717) is 12.5 Å². The number of benzene rings is 2. The summed E-state index contributed by atoms with van der Waals surface area (Å²) >= 11 is 5.63. The third-order valence-corrected chi connectivity index (χ3v) is 4.02. The second-order valence-electron chi connectivity index (χ2n) is 6.68. The van der Waals surface area contributed by atoms with Gasteiger partial charge in [-0.15, -0.1) is 11.6 Å². The van der Waals surface area contributed by atoms with Gasteiger partial charge in [0.1, 0.15) is 23.7 Å². The molecule has 1 heterocycles. The van der Waals surface area contributed by atoms with Gasteiger partial charge in [0.25, 0.3) is 0 Å². The van der Waals surface area contributed by atoms with E-state index in [1.807, 2.05) is 24.3 Å². The van der Waals surface area contributed by atoms with Crippen LogP contribution < -0.4 is 4.74 Å². The van der Waals surface area contributed by atoms with Crippen molar-refractivity contribution in [3.05, 3.63) is 54.1 Å². The molecule has 0 bridgehead atoms. The van der Waals surface area contributed by atoms with Crippen LogP contribution in [0.25, 0.3) is 22.3 Å². The van der Waals surface area contributed by atoms with Crippen molar-refractivity contribution in [2.45, 2.75) is 26.2 Å². The first-order valence-electron chi connectivity index (χ1n) is 7.81. The van der Waals surface area contributed by atoms with Crippen LogP contribution in [0, 0.1) is 0 Å². The molecule has 3 heteroatoms. The second-order valence-corrected chi connectivity index (χ2v) is 7.05. The third kappa shape index (κ3) is 3.53. The van der Waals surface area contributed by atoms with Gasteiger partial charge in [-0.25, -0.2) is 0 Å². The molecule has 0 spiro atoms. The summed E-state index contributed by atoms with van der Waals surface area (Å²) in [5.41, 5.74) is 3.39. The second kappa shape index (κ2) is 6.29. The van der Waals surface area contributed by atoms with E-state index in [2.05, 4.69) is 45.0 Å². The Morgan fingerprint density at radius 3 is 2.39 bits per heavy atom. The maximum absolute atomic E-state index is 5.98. The molecule has 2 nitrogen and oxygen atoms in total. The molecule has 0 unspecified atom stereocenters. The third-order valence-electron chi connectivity index (χ3n) is 3.87. The van der Waals surface area contributed by atoms with Crippen LogP contribution >= 0.6 is 11.6 Å². The zero-order valence-corrected chi connectivity index (χ0v) is 14.5. The standard InChI is InChI=1S/C20H21ClO2/c1-20(2,3)16-6-9-18-15(12-16)13-19(23-18)14-4-7-17(8-5-14)22-11-10-21/h4-9,12-13H,10-11H2,1-3H3. The normalized spacial score (nSPS) is 11.8. The van der Waals surface area contributed by atoms with Gasteiger partial charge in [0, 0.05) is 10.9 Å². The van der Waals surface area contributed by atoms with Gasteiger partial charge >= 0.3 is 0 Å². The van der Waals surface area contributed by atoms with Gasteiger partial charge in [0.15, 0.2) is 0 Å². The van der Waals surface area contributed by atoms with Crippen LogP contribution in [-0.4, -0.2) is 12.5 Å². The van der Waals surface area contributed by atoms with Crippen molar-refractivity contribution in [3.63, 3.8) is 0 Å². The summed E-state index contributed by atoms with van der Waals surface area (Å²) in [6.45, 7) is 7.17. The largest absolute Gasteiger partial charge is 0.492 e. The molecule has 0 aliphatic carbocycles. The lowest BCUT2D eigenvalue weighted by atomic mass is 9.86. The molecule has 3 aromatic rings. The fourth-order valence-electron chi connectivity index (χ4n) is 2.52. The van der Waals surface area contributed by atoms with E-state index < -0.39 is 0 Å². The minimum atomic E-state index is 0.132. The molecule has 3 rings (SSSR count). The van der Waals surface area contributed by atoms with E-state index in [1.54, 1.807) is 0 Å². The summed E-state index contributed by atoms with van der Waals surface area (Å²) in [7, 11) is 0. The van der Waals surface area contributed by atoms with Crippen LogP contribution in [-0.2, 0) is 5.41 Å². The molecule has 0 radical (unpaired) electrons. The summed E-state index contributed by atoms with van der Waals surface area (Å²) in [4.78, 5) is 0. The minimum absolute atomic E-state index is 0.132. The number of alkyl halides is 1. The molecule has 0 N–H and O–H groups in total. The lowest BCUT2D eigenvalue weighted by molar-refractivity contribution is 0.343. The molecule has 2 aromatic carbocycles. The average molecular weight is 329 g/mol. The first-order chi connectivity index (χ1) is 11.0. The van der Waals surface area contributed by atoms with Crippen molar-refractivity contribution in [1.29, 1.82) is 0 Å². The Balaban J connectivity index is 1.91. The number of ether oxygens (including phenoxy) is 1. The molecule has 0 saturated carbocycles. The number of hydrogen-bond donors (Lipinski definition) is 0. The number of fused-ring (bicyclic) bond motifs is 1. The Morgan fingerprint density at radius 1 is 1.00 bits per heavy atom. The Labute approximate surface area is 142 Å². The fraction of sp³-hybridized carbons (Fsp3) is 0.300. The quantitative estimate of drug-likeness (QED) is 0.547. The molecule has 1 aromatic heterocycles. The molecule has 120 valence electrons. The molecule has 0 amide bonds. The Kier molecular flexibility index (Phi) is 4.36. The average Bonchev–Trinajstić information content (AvgIpc) is 2.95. The van der Waals surface area contributed by atoms with Gasteiger partial charge < -0.3 is 9.15 Å². The topological polar surface area (TPSA) is 22.4 Å². The highest BCUT2D eigenvalue weighted by Gasteiger charge is 2.15. The van der Waals surface area contributed by atoms with Crippen LogP contribution in [0.3, 0.4) is 0 Å². The first kappa shape index (κ1) is 15.9. The van der Waals surface area contributed by atoms with Crippen LogP contribution in [0.5, 0.6) is 5.75 Å². The predicted octanol–water partition coefficient (Wildman–Crippen LogP) is 6.01. The molecule has 0 aliphatic heterocycles. The summed E-state index contributed by atoms with van der Waals surface area (Å²) in [5.74, 6) is 2.18. The maximum atomic E-state index is 5.98. The Morgan fingerprint density at radius 2 is 1.74 bits per heavy atom. The van der Waals surface area contributed by atoms with Crippen molar-refractivity contribution in [2.24, 2.45) is 0 Å². The minimum Gasteiger partial charge on any atom is -0.492 e. The summed E-state index contributed by atoms with van der Waals surface area (Å²) in [6, 6.07) is 16.4. The Hall–Kier alpha value is -1.93. The molecule has 0 aliphatic rings. The molecule has 0 fully saturated rings. The summed E-state index contributed by atoms with van der Waals surface area (Å²) < 4.78 is 11.5. The smallest absolute Gasteiger partial charge is 0.135 e. The summed E-state index contributed by atoms with van der Waals surface area (Å²) in [5, 5.41) is 1.13. The van der Waals surface area contributed by atoms with Crippen molar-refractivity contribution in [2.75, 3.05) is 12.5 Å². The number of halogens is 1. The molecule has 0 saturated heterocycles. The van der Waals surface area contributed by atoms with Crippen molar-refractivity contribution >= 4 is 22.6 Å². The van der Waals surface area contributed by atoms with E-state index >= 15 is 0 Å². The lowest BCUT2D eigenvalue weighted by Crippen LogP contribution is -2.10. The van der Waals surface area contributed by atoms with Crippen LogP contribution in [0.4, 0.5) is 0 Å². The highest BCUT2D eigenvalue weighted by Crippen LogP contribution is 2.32. The zero-order chi connectivity index (χ0) is 16.4. The van der Waals surface area contributed by atoms with Gasteiger partial charge in [-0.1, -0.05) is 26.8 Å². The first-order valence-corrected chi connectivity index (χ1v) is 8.34. The van der Waals surface area contributed by atoms with Gasteiger partial charge in [-0.2, -0.15) is 0 Å². The highest BCUT2D eigenvalue weighted by atomic mass is 35.5. The number of rotatable bonds is 4. The van der Waals surface area contributed by atoms with Gasteiger partial charge in [0.05, 0.1) is 5.88 Å². The molecule has 0 atom stereocenters. The van der Waals surface area contributed by atoms with E-state index in [0.717, 1.165) is 28.0 Å². The van der Waals surface area contributed by atoms with E-state index in [4.69, 9.17) is 20.8 Å². The predicted molar refractivity (Wildman–Crippen MR) is 96.6 cm³/mol. The number of hydrogen-bond acceptors (Lipinski definition) is 2. The maximum Gasteiger partial charge on any atom is 0.135 e. The van der Waals surface area contributed by atoms with E-state index in [9.17, 15) is 0 Å². The molecular formula is C20H21ClO2. The van der Waals surface area contributed by atoms with Gasteiger partial charge in [-0.3, -0.25) is 0 Å². The van der Waals surface area contributed by atoms with Crippen molar-refractivity contribution in [1.82, 2.24) is 0 Å². The van der Waals surface area contributed by atoms with Gasteiger partial charge in [0.2, 0.25) is 0 Å². The van der Waals surface area contributed by atoms with E-state index in [-0.39, 0.29) is 5.41 Å². The van der Waals surface area contributed by atoms with Crippen LogP contribution in [0.2, 0.25) is 0 Å². The lowest BCUT2D eigenvalue weighted by Gasteiger charge is -2.18. The molecular weight excluding hydrogens is 308 g/mol. The number of furan rings is 1. The van der Waals surface area contributed by atoms with Gasteiger partial charge in [-0.05, 0) is 53.4 Å². The van der Waals surface area contributed by atoms with Crippen LogP contribution in [0.1, 0.15) is 26.3 Å². The zero-order valence-electron chi connectivity index (χ0n) is 13.7. The van der Waals surface area contributed by atoms with E-state index in [1.165, 1.54) is 5.56 Å². The SMILES string of the molecule is CC(C)(C)c1ccc2oc(-c3ccc(OCCCl)cc3)cc2c1. The highest BCUT2D eigenvalue weighted by molar-refractivity contribution is 6.18. The summed E-state index contributed by atoms with van der Waals surface area (Å²) in [6.07, 6.45) is 0. The molecule has 23 heavy (non-hydrogen) atoms. The van der Waals surface area contributed by atoms with Crippen LogP contribution in [0.15, 0.2) is 52.9 Å². The van der Waals surface area contributed by atoms with Crippen molar-refractivity contribution in [3.8, 4) is 17.1 Å². The van der Waals surface area contributed by atoms with Crippen molar-refractivity contribution < 1.29 is 9.15 Å².